The first-order chi connectivity index (χ1) is 18.2. The zero-order valence-electron chi connectivity index (χ0n) is 23.7. The van der Waals surface area contributed by atoms with Crippen LogP contribution in [0.25, 0.3) is 11.1 Å². The summed E-state index contributed by atoms with van der Waals surface area (Å²) in [5.41, 5.74) is 3.99. The number of ether oxygens (including phenoxy) is 1. The maximum absolute atomic E-state index is 9.75. The molecule has 2 aromatic rings. The van der Waals surface area contributed by atoms with Crippen LogP contribution < -0.4 is 4.74 Å². The first-order valence-corrected chi connectivity index (χ1v) is 15.5. The maximum Gasteiger partial charge on any atom is 0.119 e. The van der Waals surface area contributed by atoms with Crippen molar-refractivity contribution in [3.8, 4) is 22.9 Å². The van der Waals surface area contributed by atoms with Crippen LogP contribution >= 0.6 is 0 Å². The molecule has 202 valence electrons. The molecule has 2 nitrogen and oxygen atoms in total. The van der Waals surface area contributed by atoms with Crippen LogP contribution in [0, 0.1) is 23.2 Å². The predicted molar refractivity (Wildman–Crippen MR) is 158 cm³/mol. The third-order valence-electron chi connectivity index (χ3n) is 8.46. The quantitative estimate of drug-likeness (QED) is 0.202. The molecule has 0 aromatic heterocycles. The molecule has 0 N–H and O–H groups in total. The second-order valence-electron chi connectivity index (χ2n) is 11.3. The summed E-state index contributed by atoms with van der Waals surface area (Å²) in [6.07, 6.45) is 20.2. The van der Waals surface area contributed by atoms with Crippen LogP contribution in [0.2, 0.25) is 0 Å². The summed E-state index contributed by atoms with van der Waals surface area (Å²) in [4.78, 5) is 0. The van der Waals surface area contributed by atoms with E-state index < -0.39 is 0 Å². The zero-order valence-corrected chi connectivity index (χ0v) is 23.7. The molecule has 2 aromatic carbocycles. The van der Waals surface area contributed by atoms with E-state index in [0.717, 1.165) is 25.2 Å². The van der Waals surface area contributed by atoms with Crippen molar-refractivity contribution in [2.45, 2.75) is 122 Å². The van der Waals surface area contributed by atoms with Gasteiger partial charge in [0.15, 0.2) is 0 Å². The van der Waals surface area contributed by atoms with E-state index in [2.05, 4.69) is 68.4 Å². The number of unbranched alkanes of at least 4 members (excludes halogenated alkanes) is 9. The molecule has 0 saturated heterocycles. The minimum Gasteiger partial charge on any atom is -0.494 e. The standard InChI is InChI=1S/C35H51NO/c1-3-5-7-9-11-13-27-37-35-25-23-32(24-26-35)31-17-15-29(16-18-31)30-19-21-33(22-20-30)34(28-36)14-12-10-8-6-4-2/h15-18,23-26,30,33-34H,3-14,19-22,27H2,1-2H3/t30-,33-,34?. The molecule has 1 saturated carbocycles. The highest BCUT2D eigenvalue weighted by Crippen LogP contribution is 2.40. The van der Waals surface area contributed by atoms with E-state index in [4.69, 9.17) is 4.74 Å². The fourth-order valence-electron chi connectivity index (χ4n) is 5.99. The van der Waals surface area contributed by atoms with Crippen LogP contribution in [0.4, 0.5) is 0 Å². The van der Waals surface area contributed by atoms with E-state index in [9.17, 15) is 5.26 Å². The Kier molecular flexibility index (Phi) is 13.7. The van der Waals surface area contributed by atoms with Gasteiger partial charge in [-0.3, -0.25) is 0 Å². The Bertz CT molecular complexity index is 886. The van der Waals surface area contributed by atoms with E-state index in [0.29, 0.717) is 11.8 Å². The minimum absolute atomic E-state index is 0.266. The zero-order chi connectivity index (χ0) is 26.1. The molecule has 37 heavy (non-hydrogen) atoms. The van der Waals surface area contributed by atoms with Crippen LogP contribution in [0.3, 0.4) is 0 Å². The van der Waals surface area contributed by atoms with Gasteiger partial charge in [-0.2, -0.15) is 5.26 Å². The van der Waals surface area contributed by atoms with E-state index in [1.165, 1.54) is 107 Å². The molecule has 3 rings (SSSR count). The molecule has 0 heterocycles. The molecule has 0 spiro atoms. The van der Waals surface area contributed by atoms with Crippen LogP contribution in [-0.2, 0) is 0 Å². The molecule has 0 aliphatic heterocycles. The minimum atomic E-state index is 0.266. The number of benzene rings is 2. The van der Waals surface area contributed by atoms with Crippen molar-refractivity contribution in [2.24, 2.45) is 11.8 Å². The van der Waals surface area contributed by atoms with E-state index in [1.807, 2.05) is 0 Å². The van der Waals surface area contributed by atoms with Crippen LogP contribution in [0.5, 0.6) is 5.75 Å². The Labute approximate surface area is 227 Å². The second-order valence-corrected chi connectivity index (χ2v) is 11.3. The molecule has 0 bridgehead atoms. The highest BCUT2D eigenvalue weighted by Gasteiger charge is 2.28. The van der Waals surface area contributed by atoms with Crippen molar-refractivity contribution in [3.05, 3.63) is 54.1 Å². The lowest BCUT2D eigenvalue weighted by molar-refractivity contribution is 0.256. The van der Waals surface area contributed by atoms with Crippen molar-refractivity contribution in [1.29, 1.82) is 5.26 Å². The van der Waals surface area contributed by atoms with E-state index in [1.54, 1.807) is 0 Å². The molecule has 2 heteroatoms. The summed E-state index contributed by atoms with van der Waals surface area (Å²) < 4.78 is 5.95. The van der Waals surface area contributed by atoms with Crippen molar-refractivity contribution in [3.63, 3.8) is 0 Å². The lowest BCUT2D eigenvalue weighted by atomic mass is 9.73. The van der Waals surface area contributed by atoms with Gasteiger partial charge in [-0.1, -0.05) is 114 Å². The SMILES string of the molecule is CCCCCCCCOc1ccc(-c2ccc([C@H]3CC[C@H](C(C#N)CCCCCCC)CC3)cc2)cc1. The molecule has 1 unspecified atom stereocenters. The summed E-state index contributed by atoms with van der Waals surface area (Å²) in [7, 11) is 0. The molecular weight excluding hydrogens is 450 g/mol. The third kappa shape index (κ3) is 10.2. The van der Waals surface area contributed by atoms with Crippen molar-refractivity contribution in [1.82, 2.24) is 0 Å². The van der Waals surface area contributed by atoms with Gasteiger partial charge in [0.1, 0.15) is 5.75 Å². The highest BCUT2D eigenvalue weighted by molar-refractivity contribution is 5.64. The Morgan fingerprint density at radius 2 is 1.24 bits per heavy atom. The number of nitrogens with zero attached hydrogens (tertiary/aromatic N) is 1. The predicted octanol–water partition coefficient (Wildman–Crippen LogP) is 10.9. The lowest BCUT2D eigenvalue weighted by Crippen LogP contribution is -2.20. The van der Waals surface area contributed by atoms with Gasteiger partial charge in [0, 0.05) is 5.92 Å². The number of hydrogen-bond acceptors (Lipinski definition) is 2. The molecule has 1 aliphatic rings. The normalized spacial score (nSPS) is 18.3. The number of rotatable bonds is 17. The van der Waals surface area contributed by atoms with Crippen LogP contribution in [-0.4, -0.2) is 6.61 Å². The Balaban J connectivity index is 1.40. The molecule has 0 radical (unpaired) electrons. The van der Waals surface area contributed by atoms with Gasteiger partial charge in [-0.05, 0) is 79.2 Å². The smallest absolute Gasteiger partial charge is 0.119 e. The maximum atomic E-state index is 9.75. The monoisotopic (exact) mass is 501 g/mol. The first kappa shape index (κ1) is 29.3. The molecule has 1 fully saturated rings. The second kappa shape index (κ2) is 17.3. The van der Waals surface area contributed by atoms with Crippen LogP contribution in [0.1, 0.15) is 128 Å². The van der Waals surface area contributed by atoms with Crippen molar-refractivity contribution < 1.29 is 4.74 Å². The van der Waals surface area contributed by atoms with Gasteiger partial charge < -0.3 is 4.74 Å². The Hall–Kier alpha value is -2.27. The fraction of sp³-hybridized carbons (Fsp3) is 0.629. The van der Waals surface area contributed by atoms with E-state index >= 15 is 0 Å². The lowest BCUT2D eigenvalue weighted by Gasteiger charge is -2.31. The number of hydrogen-bond donors (Lipinski definition) is 0. The average Bonchev–Trinajstić information content (AvgIpc) is 2.95. The van der Waals surface area contributed by atoms with Gasteiger partial charge in [0.05, 0.1) is 12.7 Å². The summed E-state index contributed by atoms with van der Waals surface area (Å²) >= 11 is 0. The van der Waals surface area contributed by atoms with Gasteiger partial charge in [-0.25, -0.2) is 0 Å². The average molecular weight is 502 g/mol. The van der Waals surface area contributed by atoms with Gasteiger partial charge >= 0.3 is 0 Å². The topological polar surface area (TPSA) is 33.0 Å². The first-order valence-electron chi connectivity index (χ1n) is 15.5. The van der Waals surface area contributed by atoms with Crippen molar-refractivity contribution >= 4 is 0 Å². The Morgan fingerprint density at radius 3 is 1.84 bits per heavy atom. The summed E-state index contributed by atoms with van der Waals surface area (Å²) in [5, 5.41) is 9.75. The van der Waals surface area contributed by atoms with Crippen molar-refractivity contribution in [2.75, 3.05) is 6.61 Å². The fourth-order valence-corrected chi connectivity index (χ4v) is 5.99. The summed E-state index contributed by atoms with van der Waals surface area (Å²) in [6.45, 7) is 5.34. The highest BCUT2D eigenvalue weighted by atomic mass is 16.5. The van der Waals surface area contributed by atoms with Gasteiger partial charge in [0.2, 0.25) is 0 Å². The van der Waals surface area contributed by atoms with Crippen LogP contribution in [0.15, 0.2) is 48.5 Å². The summed E-state index contributed by atoms with van der Waals surface area (Å²) in [6, 6.07) is 20.5. The van der Waals surface area contributed by atoms with Gasteiger partial charge in [-0.15, -0.1) is 0 Å². The largest absolute Gasteiger partial charge is 0.494 e. The van der Waals surface area contributed by atoms with E-state index in [-0.39, 0.29) is 5.92 Å². The van der Waals surface area contributed by atoms with Gasteiger partial charge in [0.25, 0.3) is 0 Å². The summed E-state index contributed by atoms with van der Waals surface area (Å²) in [5.74, 6) is 2.49. The molecular formula is C35H51NO. The molecule has 1 aliphatic carbocycles. The third-order valence-corrected chi connectivity index (χ3v) is 8.46. The Morgan fingerprint density at radius 1 is 0.703 bits per heavy atom. The molecule has 1 atom stereocenters. The number of nitriles is 1. The molecule has 0 amide bonds.